The predicted octanol–water partition coefficient (Wildman–Crippen LogP) is 2.53. The SMILES string of the molecule is COc1ccc(C2CCN(C(=O)C3CCCC(N)C3)C2)cc1. The van der Waals surface area contributed by atoms with Crippen LogP contribution in [0.3, 0.4) is 0 Å². The van der Waals surface area contributed by atoms with E-state index in [-0.39, 0.29) is 12.0 Å². The van der Waals surface area contributed by atoms with E-state index in [0.29, 0.717) is 11.8 Å². The molecule has 3 unspecified atom stereocenters. The van der Waals surface area contributed by atoms with Gasteiger partial charge in [-0.05, 0) is 43.4 Å². The first kappa shape index (κ1) is 15.3. The predicted molar refractivity (Wildman–Crippen MR) is 86.9 cm³/mol. The van der Waals surface area contributed by atoms with Crippen LogP contribution in [0.15, 0.2) is 24.3 Å². The number of nitrogens with two attached hydrogens (primary N) is 1. The van der Waals surface area contributed by atoms with Gasteiger partial charge in [-0.1, -0.05) is 18.6 Å². The highest BCUT2D eigenvalue weighted by molar-refractivity contribution is 5.79. The summed E-state index contributed by atoms with van der Waals surface area (Å²) >= 11 is 0. The summed E-state index contributed by atoms with van der Waals surface area (Å²) in [6.07, 6.45) is 5.08. The molecule has 22 heavy (non-hydrogen) atoms. The minimum Gasteiger partial charge on any atom is -0.497 e. The van der Waals surface area contributed by atoms with Crippen molar-refractivity contribution in [3.8, 4) is 5.75 Å². The zero-order chi connectivity index (χ0) is 15.5. The number of carbonyl (C=O) groups is 1. The van der Waals surface area contributed by atoms with Crippen LogP contribution < -0.4 is 10.5 Å². The molecule has 1 aromatic rings. The Morgan fingerprint density at radius 1 is 1.23 bits per heavy atom. The van der Waals surface area contributed by atoms with Gasteiger partial charge in [0.15, 0.2) is 0 Å². The molecule has 1 aliphatic heterocycles. The molecule has 1 heterocycles. The van der Waals surface area contributed by atoms with Crippen LogP contribution in [-0.4, -0.2) is 37.0 Å². The summed E-state index contributed by atoms with van der Waals surface area (Å²) in [5, 5.41) is 0. The lowest BCUT2D eigenvalue weighted by Gasteiger charge is -2.29. The van der Waals surface area contributed by atoms with Crippen LogP contribution in [0.4, 0.5) is 0 Å². The molecule has 120 valence electrons. The minimum absolute atomic E-state index is 0.151. The van der Waals surface area contributed by atoms with Gasteiger partial charge in [-0.2, -0.15) is 0 Å². The molecule has 4 heteroatoms. The molecule has 1 amide bonds. The second kappa shape index (κ2) is 6.69. The second-order valence-corrected chi connectivity index (χ2v) is 6.67. The molecule has 0 aromatic heterocycles. The maximum atomic E-state index is 12.7. The summed E-state index contributed by atoms with van der Waals surface area (Å²) < 4.78 is 5.20. The van der Waals surface area contributed by atoms with Crippen LogP contribution in [0, 0.1) is 5.92 Å². The van der Waals surface area contributed by atoms with Crippen molar-refractivity contribution in [3.63, 3.8) is 0 Å². The van der Waals surface area contributed by atoms with Gasteiger partial charge in [0.25, 0.3) is 0 Å². The molecular weight excluding hydrogens is 276 g/mol. The Morgan fingerprint density at radius 2 is 2.00 bits per heavy atom. The molecule has 3 rings (SSSR count). The van der Waals surface area contributed by atoms with E-state index in [1.807, 2.05) is 12.1 Å². The Balaban J connectivity index is 1.60. The highest BCUT2D eigenvalue weighted by Gasteiger charge is 2.33. The summed E-state index contributed by atoms with van der Waals surface area (Å²) in [5.41, 5.74) is 7.33. The largest absolute Gasteiger partial charge is 0.497 e. The number of ether oxygens (including phenoxy) is 1. The van der Waals surface area contributed by atoms with Crippen molar-refractivity contribution in [1.29, 1.82) is 0 Å². The maximum Gasteiger partial charge on any atom is 0.225 e. The first-order valence-electron chi connectivity index (χ1n) is 8.35. The van der Waals surface area contributed by atoms with Crippen molar-refractivity contribution in [3.05, 3.63) is 29.8 Å². The van der Waals surface area contributed by atoms with Gasteiger partial charge in [0, 0.05) is 31.0 Å². The molecule has 0 spiro atoms. The molecule has 0 radical (unpaired) electrons. The number of amides is 1. The minimum atomic E-state index is 0.151. The van der Waals surface area contributed by atoms with Gasteiger partial charge < -0.3 is 15.4 Å². The normalized spacial score (nSPS) is 28.6. The van der Waals surface area contributed by atoms with Gasteiger partial charge in [0.05, 0.1) is 7.11 Å². The van der Waals surface area contributed by atoms with Crippen molar-refractivity contribution in [2.75, 3.05) is 20.2 Å². The molecule has 3 atom stereocenters. The van der Waals surface area contributed by atoms with Crippen molar-refractivity contribution >= 4 is 5.91 Å². The fraction of sp³-hybridized carbons (Fsp3) is 0.611. The van der Waals surface area contributed by atoms with Crippen LogP contribution in [-0.2, 0) is 4.79 Å². The van der Waals surface area contributed by atoms with Crippen LogP contribution in [0.1, 0.15) is 43.6 Å². The van der Waals surface area contributed by atoms with Gasteiger partial charge >= 0.3 is 0 Å². The molecule has 1 saturated carbocycles. The van der Waals surface area contributed by atoms with E-state index >= 15 is 0 Å². The molecular formula is C18H26N2O2. The molecule has 2 N–H and O–H groups in total. The molecule has 0 bridgehead atoms. The first-order chi connectivity index (χ1) is 10.7. The number of likely N-dealkylation sites (tertiary alicyclic amines) is 1. The highest BCUT2D eigenvalue weighted by atomic mass is 16.5. The summed E-state index contributed by atoms with van der Waals surface area (Å²) in [6, 6.07) is 8.45. The van der Waals surface area contributed by atoms with Gasteiger partial charge in [-0.15, -0.1) is 0 Å². The number of methoxy groups -OCH3 is 1. The van der Waals surface area contributed by atoms with E-state index in [1.165, 1.54) is 5.56 Å². The number of hydrogen-bond donors (Lipinski definition) is 1. The Bertz CT molecular complexity index is 514. The van der Waals surface area contributed by atoms with E-state index in [4.69, 9.17) is 10.5 Å². The molecule has 1 aliphatic carbocycles. The van der Waals surface area contributed by atoms with E-state index in [9.17, 15) is 4.79 Å². The lowest BCUT2D eigenvalue weighted by Crippen LogP contribution is -2.39. The van der Waals surface area contributed by atoms with Crippen molar-refractivity contribution in [1.82, 2.24) is 4.90 Å². The standard InChI is InChI=1S/C18H26N2O2/c1-22-17-7-5-13(6-8-17)15-9-10-20(12-15)18(21)14-3-2-4-16(19)11-14/h5-8,14-16H,2-4,9-12,19H2,1H3. The van der Waals surface area contributed by atoms with Crippen LogP contribution in [0.5, 0.6) is 5.75 Å². The maximum absolute atomic E-state index is 12.7. The summed E-state index contributed by atoms with van der Waals surface area (Å²) in [5.74, 6) is 1.81. The van der Waals surface area contributed by atoms with Gasteiger partial charge in [0.1, 0.15) is 5.75 Å². The van der Waals surface area contributed by atoms with Crippen molar-refractivity contribution in [2.24, 2.45) is 11.7 Å². The number of hydrogen-bond acceptors (Lipinski definition) is 3. The molecule has 2 aliphatic rings. The summed E-state index contributed by atoms with van der Waals surface area (Å²) in [6.45, 7) is 1.72. The van der Waals surface area contributed by atoms with Crippen LogP contribution >= 0.6 is 0 Å². The zero-order valence-corrected chi connectivity index (χ0v) is 13.3. The van der Waals surface area contributed by atoms with E-state index in [2.05, 4.69) is 17.0 Å². The second-order valence-electron chi connectivity index (χ2n) is 6.67. The Morgan fingerprint density at radius 3 is 2.68 bits per heavy atom. The van der Waals surface area contributed by atoms with Crippen LogP contribution in [0.2, 0.25) is 0 Å². The third kappa shape index (κ3) is 3.27. The first-order valence-corrected chi connectivity index (χ1v) is 8.35. The number of rotatable bonds is 3. The Labute approximate surface area is 132 Å². The average molecular weight is 302 g/mol. The lowest BCUT2D eigenvalue weighted by molar-refractivity contribution is -0.135. The van der Waals surface area contributed by atoms with Crippen molar-refractivity contribution < 1.29 is 9.53 Å². The zero-order valence-electron chi connectivity index (χ0n) is 13.3. The molecule has 1 aromatic carbocycles. The fourth-order valence-electron chi connectivity index (χ4n) is 3.82. The molecule has 4 nitrogen and oxygen atoms in total. The third-order valence-corrected chi connectivity index (χ3v) is 5.15. The highest BCUT2D eigenvalue weighted by Crippen LogP contribution is 2.32. The Kier molecular flexibility index (Phi) is 4.67. The molecule has 2 fully saturated rings. The quantitative estimate of drug-likeness (QED) is 0.933. The lowest BCUT2D eigenvalue weighted by atomic mass is 9.85. The van der Waals surface area contributed by atoms with E-state index in [0.717, 1.165) is 50.9 Å². The third-order valence-electron chi connectivity index (χ3n) is 5.15. The van der Waals surface area contributed by atoms with E-state index in [1.54, 1.807) is 7.11 Å². The number of nitrogens with zero attached hydrogens (tertiary/aromatic N) is 1. The van der Waals surface area contributed by atoms with Gasteiger partial charge in [-0.3, -0.25) is 4.79 Å². The van der Waals surface area contributed by atoms with Crippen molar-refractivity contribution in [2.45, 2.75) is 44.1 Å². The average Bonchev–Trinajstić information content (AvgIpc) is 3.04. The smallest absolute Gasteiger partial charge is 0.225 e. The van der Waals surface area contributed by atoms with E-state index < -0.39 is 0 Å². The fourth-order valence-corrected chi connectivity index (χ4v) is 3.82. The van der Waals surface area contributed by atoms with Gasteiger partial charge in [-0.25, -0.2) is 0 Å². The Hall–Kier alpha value is -1.55. The summed E-state index contributed by atoms with van der Waals surface area (Å²) in [4.78, 5) is 14.7. The molecule has 1 saturated heterocycles. The van der Waals surface area contributed by atoms with Crippen LogP contribution in [0.25, 0.3) is 0 Å². The topological polar surface area (TPSA) is 55.6 Å². The monoisotopic (exact) mass is 302 g/mol. The number of benzene rings is 1. The van der Waals surface area contributed by atoms with Gasteiger partial charge in [0.2, 0.25) is 5.91 Å². The number of carbonyl (C=O) groups excluding carboxylic acids is 1. The summed E-state index contributed by atoms with van der Waals surface area (Å²) in [7, 11) is 1.68.